The summed E-state index contributed by atoms with van der Waals surface area (Å²) in [5.41, 5.74) is 1.29. The van der Waals surface area contributed by atoms with Gasteiger partial charge in [-0.15, -0.1) is 0 Å². The third-order valence-corrected chi connectivity index (χ3v) is 5.48. The summed E-state index contributed by atoms with van der Waals surface area (Å²) in [7, 11) is 2.31. The van der Waals surface area contributed by atoms with Crippen molar-refractivity contribution in [2.45, 2.75) is 69.6 Å². The van der Waals surface area contributed by atoms with Crippen LogP contribution in [0.25, 0.3) is 0 Å². The largest absolute Gasteiger partial charge is 0.508 e. The van der Waals surface area contributed by atoms with Crippen molar-refractivity contribution in [1.29, 1.82) is 0 Å². The molecule has 3 nitrogen and oxygen atoms in total. The van der Waals surface area contributed by atoms with Crippen LogP contribution in [0, 0.1) is 0 Å². The lowest BCUT2D eigenvalue weighted by Gasteiger charge is -2.48. The monoisotopic (exact) mass is 288 g/mol. The zero-order chi connectivity index (χ0) is 14.8. The highest BCUT2D eigenvalue weighted by molar-refractivity contribution is 5.28. The number of hydrogen-bond donors (Lipinski definition) is 2. The second-order valence-corrected chi connectivity index (χ2v) is 6.79. The van der Waals surface area contributed by atoms with Crippen LogP contribution in [0.4, 0.5) is 0 Å². The molecule has 2 fully saturated rings. The highest BCUT2D eigenvalue weighted by Crippen LogP contribution is 2.34. The maximum absolute atomic E-state index is 9.44. The minimum absolute atomic E-state index is 0.349. The molecule has 0 amide bonds. The number of benzene rings is 1. The quantitative estimate of drug-likeness (QED) is 0.891. The predicted molar refractivity (Wildman–Crippen MR) is 86.5 cm³/mol. The summed E-state index contributed by atoms with van der Waals surface area (Å²) >= 11 is 0. The van der Waals surface area contributed by atoms with E-state index in [1.54, 1.807) is 12.1 Å². The topological polar surface area (TPSA) is 35.5 Å². The molecule has 116 valence electrons. The van der Waals surface area contributed by atoms with Crippen molar-refractivity contribution in [1.82, 2.24) is 10.2 Å². The van der Waals surface area contributed by atoms with Crippen LogP contribution in [0.1, 0.15) is 57.1 Å². The van der Waals surface area contributed by atoms with E-state index in [2.05, 4.69) is 24.2 Å². The van der Waals surface area contributed by atoms with Gasteiger partial charge in [0, 0.05) is 24.2 Å². The van der Waals surface area contributed by atoms with E-state index < -0.39 is 0 Å². The van der Waals surface area contributed by atoms with Gasteiger partial charge in [-0.3, -0.25) is 0 Å². The van der Waals surface area contributed by atoms with E-state index in [0.29, 0.717) is 17.8 Å². The van der Waals surface area contributed by atoms with Crippen LogP contribution in [0.3, 0.4) is 0 Å². The normalized spacial score (nSPS) is 31.0. The Morgan fingerprint density at radius 3 is 2.38 bits per heavy atom. The summed E-state index contributed by atoms with van der Waals surface area (Å²) in [6.07, 6.45) is 7.78. The van der Waals surface area contributed by atoms with Crippen molar-refractivity contribution in [3.8, 4) is 5.75 Å². The van der Waals surface area contributed by atoms with Gasteiger partial charge in [-0.2, -0.15) is 0 Å². The van der Waals surface area contributed by atoms with E-state index in [0.717, 1.165) is 18.5 Å². The van der Waals surface area contributed by atoms with Crippen molar-refractivity contribution in [3.63, 3.8) is 0 Å². The Morgan fingerprint density at radius 2 is 1.81 bits per heavy atom. The minimum atomic E-state index is 0.349. The number of aromatic hydroxyl groups is 1. The van der Waals surface area contributed by atoms with Gasteiger partial charge in [0.05, 0.1) is 0 Å². The zero-order valence-electron chi connectivity index (χ0n) is 13.3. The Hall–Kier alpha value is -1.06. The van der Waals surface area contributed by atoms with Gasteiger partial charge < -0.3 is 15.3 Å². The first-order valence-electron chi connectivity index (χ1n) is 8.44. The van der Waals surface area contributed by atoms with E-state index in [-0.39, 0.29) is 0 Å². The maximum atomic E-state index is 9.44. The molecule has 2 N–H and O–H groups in total. The summed E-state index contributed by atoms with van der Waals surface area (Å²) in [5, 5.41) is 13.3. The highest BCUT2D eigenvalue weighted by Gasteiger charge is 2.36. The maximum Gasteiger partial charge on any atom is 0.115 e. The van der Waals surface area contributed by atoms with Gasteiger partial charge >= 0.3 is 0 Å². The van der Waals surface area contributed by atoms with Crippen LogP contribution in [-0.4, -0.2) is 35.2 Å². The Morgan fingerprint density at radius 1 is 1.19 bits per heavy atom. The molecule has 3 atom stereocenters. The molecule has 0 aliphatic carbocycles. The number of phenolic OH excluding ortho intramolecular Hbond substituents is 1. The molecule has 0 spiro atoms. The molecule has 2 saturated heterocycles. The first kappa shape index (κ1) is 14.9. The fourth-order valence-electron chi connectivity index (χ4n) is 4.19. The summed E-state index contributed by atoms with van der Waals surface area (Å²) in [6, 6.07) is 10.3. The number of phenols is 1. The van der Waals surface area contributed by atoms with Gasteiger partial charge in [-0.05, 0) is 56.8 Å². The van der Waals surface area contributed by atoms with Gasteiger partial charge in [0.1, 0.15) is 5.75 Å². The average molecular weight is 288 g/mol. The molecule has 0 aromatic heterocycles. The van der Waals surface area contributed by atoms with Crippen molar-refractivity contribution in [2.24, 2.45) is 0 Å². The molecule has 2 aliphatic rings. The first-order valence-corrected chi connectivity index (χ1v) is 8.44. The van der Waals surface area contributed by atoms with Gasteiger partial charge in [-0.1, -0.05) is 25.5 Å². The Kier molecular flexibility index (Phi) is 4.51. The summed E-state index contributed by atoms with van der Waals surface area (Å²) < 4.78 is 0. The van der Waals surface area contributed by atoms with E-state index in [4.69, 9.17) is 0 Å². The molecular formula is C18H28N2O. The molecule has 0 saturated carbocycles. The SMILES string of the molecule is CCC(NC1CC2CCCC(C1)N2C)c1ccc(O)cc1. The molecule has 3 unspecified atom stereocenters. The van der Waals surface area contributed by atoms with E-state index >= 15 is 0 Å². The molecule has 3 heteroatoms. The zero-order valence-corrected chi connectivity index (χ0v) is 13.3. The summed E-state index contributed by atoms with van der Waals surface area (Å²) in [6.45, 7) is 2.24. The van der Waals surface area contributed by atoms with Crippen molar-refractivity contribution >= 4 is 0 Å². The van der Waals surface area contributed by atoms with Crippen LogP contribution in [0.2, 0.25) is 0 Å². The number of rotatable bonds is 4. The van der Waals surface area contributed by atoms with E-state index in [1.165, 1.54) is 37.7 Å². The average Bonchev–Trinajstić information content (AvgIpc) is 2.46. The van der Waals surface area contributed by atoms with Crippen LogP contribution in [-0.2, 0) is 0 Å². The van der Waals surface area contributed by atoms with Crippen LogP contribution in [0.15, 0.2) is 24.3 Å². The molecule has 1 aromatic rings. The van der Waals surface area contributed by atoms with Gasteiger partial charge in [0.25, 0.3) is 0 Å². The molecular weight excluding hydrogens is 260 g/mol. The van der Waals surface area contributed by atoms with Crippen molar-refractivity contribution in [2.75, 3.05) is 7.05 Å². The van der Waals surface area contributed by atoms with E-state index in [1.807, 2.05) is 12.1 Å². The fraction of sp³-hybridized carbons (Fsp3) is 0.667. The molecule has 2 bridgehead atoms. The minimum Gasteiger partial charge on any atom is -0.508 e. The number of nitrogens with zero attached hydrogens (tertiary/aromatic N) is 1. The Balaban J connectivity index is 1.66. The van der Waals surface area contributed by atoms with Crippen LogP contribution < -0.4 is 5.32 Å². The molecule has 3 rings (SSSR count). The Bertz CT molecular complexity index is 445. The lowest BCUT2D eigenvalue weighted by atomic mass is 9.82. The van der Waals surface area contributed by atoms with E-state index in [9.17, 15) is 5.11 Å². The third kappa shape index (κ3) is 3.24. The van der Waals surface area contributed by atoms with Gasteiger partial charge in [0.15, 0.2) is 0 Å². The Labute approximate surface area is 128 Å². The molecule has 21 heavy (non-hydrogen) atoms. The highest BCUT2D eigenvalue weighted by atomic mass is 16.3. The van der Waals surface area contributed by atoms with Gasteiger partial charge in [-0.25, -0.2) is 0 Å². The molecule has 0 radical (unpaired) electrons. The van der Waals surface area contributed by atoms with Crippen LogP contribution in [0.5, 0.6) is 5.75 Å². The van der Waals surface area contributed by atoms with Crippen LogP contribution >= 0.6 is 0 Å². The second kappa shape index (κ2) is 6.37. The van der Waals surface area contributed by atoms with Gasteiger partial charge in [0.2, 0.25) is 0 Å². The molecule has 2 aliphatic heterocycles. The van der Waals surface area contributed by atoms with Crippen molar-refractivity contribution in [3.05, 3.63) is 29.8 Å². The van der Waals surface area contributed by atoms with Crippen molar-refractivity contribution < 1.29 is 5.11 Å². The molecule has 1 aromatic carbocycles. The fourth-order valence-corrected chi connectivity index (χ4v) is 4.19. The predicted octanol–water partition coefficient (Wildman–Crippen LogP) is 3.45. The second-order valence-electron chi connectivity index (χ2n) is 6.79. The standard InChI is InChI=1S/C18H28N2O/c1-3-18(13-7-9-17(21)10-8-13)19-14-11-15-5-4-6-16(12-14)20(15)2/h7-10,14-16,18-19,21H,3-6,11-12H2,1-2H3. The summed E-state index contributed by atoms with van der Waals surface area (Å²) in [4.78, 5) is 2.61. The first-order chi connectivity index (χ1) is 10.2. The summed E-state index contributed by atoms with van der Waals surface area (Å²) in [5.74, 6) is 0.349. The number of fused-ring (bicyclic) bond motifs is 2. The third-order valence-electron chi connectivity index (χ3n) is 5.48. The molecule has 2 heterocycles. The number of hydrogen-bond acceptors (Lipinski definition) is 3. The smallest absolute Gasteiger partial charge is 0.115 e. The lowest BCUT2D eigenvalue weighted by molar-refractivity contribution is 0.0456. The lowest BCUT2D eigenvalue weighted by Crippen LogP contribution is -2.54. The number of piperidine rings is 2. The number of nitrogens with one attached hydrogen (secondary N) is 1.